The molecule has 0 unspecified atom stereocenters. The highest BCUT2D eigenvalue weighted by atomic mass is 79.9. The van der Waals surface area contributed by atoms with Crippen molar-refractivity contribution in [1.29, 1.82) is 0 Å². The van der Waals surface area contributed by atoms with Gasteiger partial charge in [-0.25, -0.2) is 4.98 Å². The first-order valence-electron chi connectivity index (χ1n) is 7.23. The van der Waals surface area contributed by atoms with Crippen LogP contribution in [0, 0.1) is 13.8 Å². The first kappa shape index (κ1) is 17.7. The number of methoxy groups -OCH3 is 1. The molecule has 0 spiro atoms. The van der Waals surface area contributed by atoms with Crippen LogP contribution in [0.3, 0.4) is 0 Å². The Bertz CT molecular complexity index is 699. The number of nitrogens with zero attached hydrogens (tertiary/aromatic N) is 2. The summed E-state index contributed by atoms with van der Waals surface area (Å²) in [6.45, 7) is 5.40. The molecule has 0 fully saturated rings. The van der Waals surface area contributed by atoms with Gasteiger partial charge in [-0.2, -0.15) is 0 Å². The fourth-order valence-corrected chi connectivity index (χ4v) is 3.47. The second kappa shape index (κ2) is 8.31. The number of aryl methyl sites for hydroxylation is 2. The minimum absolute atomic E-state index is 0.628. The Morgan fingerprint density at radius 3 is 2.65 bits per heavy atom. The van der Waals surface area contributed by atoms with E-state index in [1.54, 1.807) is 25.5 Å². The highest BCUT2D eigenvalue weighted by molar-refractivity contribution is 9.10. The molecule has 2 aromatic rings. The number of rotatable bonds is 5. The number of nitrogens with one attached hydrogen (secondary N) is 2. The standard InChI is InChI=1S/C16H21BrN4OS/c1-10-15(23-11(2)21-10)9-20-16(18-3)19-8-12-7-13(17)5-6-14(12)22-4/h5-7H,8-9H2,1-4H3,(H2,18,19,20). The van der Waals surface area contributed by atoms with Crippen molar-refractivity contribution in [2.24, 2.45) is 4.99 Å². The zero-order valence-corrected chi connectivity index (χ0v) is 16.1. The Hall–Kier alpha value is -1.60. The molecule has 1 heterocycles. The molecule has 0 radical (unpaired) electrons. The van der Waals surface area contributed by atoms with E-state index < -0.39 is 0 Å². The van der Waals surface area contributed by atoms with Crippen molar-refractivity contribution in [2.75, 3.05) is 14.2 Å². The Balaban J connectivity index is 1.95. The molecule has 0 amide bonds. The van der Waals surface area contributed by atoms with E-state index >= 15 is 0 Å². The topological polar surface area (TPSA) is 58.5 Å². The van der Waals surface area contributed by atoms with Crippen LogP contribution >= 0.6 is 27.3 Å². The van der Waals surface area contributed by atoms with Gasteiger partial charge < -0.3 is 15.4 Å². The summed E-state index contributed by atoms with van der Waals surface area (Å²) in [6.07, 6.45) is 0. The molecule has 0 saturated carbocycles. The number of hydrogen-bond donors (Lipinski definition) is 2. The fraction of sp³-hybridized carbons (Fsp3) is 0.375. The number of thiazole rings is 1. The summed E-state index contributed by atoms with van der Waals surface area (Å²) in [5.74, 6) is 1.60. The van der Waals surface area contributed by atoms with Crippen molar-refractivity contribution >= 4 is 33.2 Å². The number of ether oxygens (including phenoxy) is 1. The minimum atomic E-state index is 0.628. The molecule has 1 aromatic heterocycles. The van der Waals surface area contributed by atoms with Crippen LogP contribution in [0.4, 0.5) is 0 Å². The molecular weight excluding hydrogens is 376 g/mol. The summed E-state index contributed by atoms with van der Waals surface area (Å²) in [7, 11) is 3.44. The molecule has 0 aliphatic heterocycles. The van der Waals surface area contributed by atoms with Crippen LogP contribution in [0.1, 0.15) is 21.1 Å². The van der Waals surface area contributed by atoms with Gasteiger partial charge in [0.2, 0.25) is 0 Å². The van der Waals surface area contributed by atoms with Crippen LogP contribution in [-0.4, -0.2) is 25.1 Å². The predicted octanol–water partition coefficient (Wildman–Crippen LogP) is 3.40. The number of halogens is 1. The quantitative estimate of drug-likeness (QED) is 0.600. The van der Waals surface area contributed by atoms with Crippen molar-refractivity contribution in [2.45, 2.75) is 26.9 Å². The van der Waals surface area contributed by atoms with Gasteiger partial charge >= 0.3 is 0 Å². The molecule has 2 rings (SSSR count). The predicted molar refractivity (Wildman–Crippen MR) is 99.3 cm³/mol. The lowest BCUT2D eigenvalue weighted by atomic mass is 10.2. The third-order valence-corrected chi connectivity index (χ3v) is 4.89. The third-order valence-electron chi connectivity index (χ3n) is 3.33. The summed E-state index contributed by atoms with van der Waals surface area (Å²) >= 11 is 5.19. The first-order chi connectivity index (χ1) is 11.0. The van der Waals surface area contributed by atoms with Crippen molar-refractivity contribution < 1.29 is 4.74 Å². The van der Waals surface area contributed by atoms with Crippen molar-refractivity contribution in [3.8, 4) is 5.75 Å². The zero-order valence-electron chi connectivity index (χ0n) is 13.7. The van der Waals surface area contributed by atoms with Gasteiger partial charge in [0.15, 0.2) is 5.96 Å². The van der Waals surface area contributed by atoms with Crippen molar-refractivity contribution in [3.05, 3.63) is 43.8 Å². The van der Waals surface area contributed by atoms with E-state index in [9.17, 15) is 0 Å². The monoisotopic (exact) mass is 396 g/mol. The number of aliphatic imine (C=N–C) groups is 1. The summed E-state index contributed by atoms with van der Waals surface area (Å²) in [4.78, 5) is 9.92. The number of hydrogen-bond acceptors (Lipinski definition) is 4. The van der Waals surface area contributed by atoms with Crippen molar-refractivity contribution in [3.63, 3.8) is 0 Å². The normalized spacial score (nSPS) is 11.4. The summed E-state index contributed by atoms with van der Waals surface area (Å²) in [6, 6.07) is 5.95. The number of guanidine groups is 1. The molecule has 0 saturated heterocycles. The molecule has 0 aliphatic rings. The molecular formula is C16H21BrN4OS. The maximum Gasteiger partial charge on any atom is 0.191 e. The van der Waals surface area contributed by atoms with E-state index in [4.69, 9.17) is 4.74 Å². The molecule has 0 aliphatic carbocycles. The van der Waals surface area contributed by atoms with Crippen LogP contribution in [0.2, 0.25) is 0 Å². The Kier molecular flexibility index (Phi) is 6.41. The number of aromatic nitrogens is 1. The largest absolute Gasteiger partial charge is 0.496 e. The molecule has 124 valence electrons. The van der Waals surface area contributed by atoms with E-state index in [2.05, 4.69) is 36.5 Å². The second-order valence-electron chi connectivity index (χ2n) is 4.98. The van der Waals surface area contributed by atoms with Gasteiger partial charge in [0.25, 0.3) is 0 Å². The molecule has 7 heteroatoms. The summed E-state index contributed by atoms with van der Waals surface area (Å²) < 4.78 is 6.41. The Morgan fingerprint density at radius 1 is 1.30 bits per heavy atom. The van der Waals surface area contributed by atoms with Crippen LogP contribution in [0.25, 0.3) is 0 Å². The minimum Gasteiger partial charge on any atom is -0.496 e. The zero-order chi connectivity index (χ0) is 16.8. The van der Waals surface area contributed by atoms with Crippen LogP contribution in [-0.2, 0) is 13.1 Å². The van der Waals surface area contributed by atoms with E-state index in [1.807, 2.05) is 32.0 Å². The van der Waals surface area contributed by atoms with Gasteiger partial charge in [-0.1, -0.05) is 15.9 Å². The van der Waals surface area contributed by atoms with Crippen LogP contribution < -0.4 is 15.4 Å². The lowest BCUT2D eigenvalue weighted by Crippen LogP contribution is -2.36. The van der Waals surface area contributed by atoms with Gasteiger partial charge in [-0.15, -0.1) is 11.3 Å². The van der Waals surface area contributed by atoms with Gasteiger partial charge in [0.05, 0.1) is 24.4 Å². The van der Waals surface area contributed by atoms with E-state index in [0.717, 1.165) is 32.4 Å². The molecule has 0 atom stereocenters. The smallest absolute Gasteiger partial charge is 0.191 e. The van der Waals surface area contributed by atoms with Crippen LogP contribution in [0.15, 0.2) is 27.7 Å². The van der Waals surface area contributed by atoms with E-state index in [-0.39, 0.29) is 0 Å². The maximum absolute atomic E-state index is 5.39. The lowest BCUT2D eigenvalue weighted by molar-refractivity contribution is 0.409. The second-order valence-corrected chi connectivity index (χ2v) is 7.18. The summed E-state index contributed by atoms with van der Waals surface area (Å²) in [5, 5.41) is 7.71. The highest BCUT2D eigenvalue weighted by Gasteiger charge is 2.07. The van der Waals surface area contributed by atoms with Gasteiger partial charge in [0.1, 0.15) is 5.75 Å². The summed E-state index contributed by atoms with van der Waals surface area (Å²) in [5.41, 5.74) is 2.14. The van der Waals surface area contributed by atoms with Crippen LogP contribution in [0.5, 0.6) is 5.75 Å². The molecule has 23 heavy (non-hydrogen) atoms. The van der Waals surface area contributed by atoms with Gasteiger partial charge in [-0.05, 0) is 32.0 Å². The third kappa shape index (κ3) is 4.94. The van der Waals surface area contributed by atoms with Gasteiger partial charge in [0, 0.05) is 28.5 Å². The van der Waals surface area contributed by atoms with E-state index in [0.29, 0.717) is 13.1 Å². The SMILES string of the molecule is CN=C(NCc1cc(Br)ccc1OC)NCc1sc(C)nc1C. The average molecular weight is 397 g/mol. The van der Waals surface area contributed by atoms with Crippen molar-refractivity contribution in [1.82, 2.24) is 15.6 Å². The Labute approximate surface area is 149 Å². The van der Waals surface area contributed by atoms with E-state index in [1.165, 1.54) is 4.88 Å². The number of benzene rings is 1. The first-order valence-corrected chi connectivity index (χ1v) is 8.84. The molecule has 0 bridgehead atoms. The molecule has 5 nitrogen and oxygen atoms in total. The Morgan fingerprint density at radius 2 is 2.04 bits per heavy atom. The average Bonchev–Trinajstić information content (AvgIpc) is 2.85. The fourth-order valence-electron chi connectivity index (χ4n) is 2.19. The lowest BCUT2D eigenvalue weighted by Gasteiger charge is -2.14. The van der Waals surface area contributed by atoms with Gasteiger partial charge in [-0.3, -0.25) is 4.99 Å². The highest BCUT2D eigenvalue weighted by Crippen LogP contribution is 2.22. The maximum atomic E-state index is 5.39. The molecule has 2 N–H and O–H groups in total. The molecule has 1 aromatic carbocycles.